The summed E-state index contributed by atoms with van der Waals surface area (Å²) in [5.41, 5.74) is 0.892. The lowest BCUT2D eigenvalue weighted by Crippen LogP contribution is -2.31. The highest BCUT2D eigenvalue weighted by molar-refractivity contribution is 14.0. The first-order chi connectivity index (χ1) is 15.2. The Bertz CT molecular complexity index is 870. The average molecular weight is 575 g/mol. The van der Waals surface area contributed by atoms with Crippen LogP contribution in [-0.4, -0.2) is 54.3 Å². The average Bonchev–Trinajstić information content (AvgIpc) is 3.45. The molecule has 32 heavy (non-hydrogen) atoms. The lowest BCUT2D eigenvalue weighted by atomic mass is 10.2. The molecule has 8 nitrogen and oxygen atoms in total. The van der Waals surface area contributed by atoms with Crippen LogP contribution in [0.4, 0.5) is 5.69 Å². The number of nitrogens with zero attached hydrogens (tertiary/aromatic N) is 4. The summed E-state index contributed by atoms with van der Waals surface area (Å²) in [6.07, 6.45) is 8.99. The number of ether oxygens (including phenoxy) is 2. The van der Waals surface area contributed by atoms with Gasteiger partial charge in [-0.1, -0.05) is 24.6 Å². The molecule has 0 atom stereocenters. The van der Waals surface area contributed by atoms with E-state index < -0.39 is 0 Å². The van der Waals surface area contributed by atoms with Gasteiger partial charge >= 0.3 is 0 Å². The van der Waals surface area contributed by atoms with Crippen molar-refractivity contribution in [3.8, 4) is 11.5 Å². The fourth-order valence-corrected chi connectivity index (χ4v) is 4.51. The number of anilines is 1. The minimum absolute atomic E-state index is 0. The Hall–Kier alpha value is -1.69. The summed E-state index contributed by atoms with van der Waals surface area (Å²) in [4.78, 5) is 4.33. The summed E-state index contributed by atoms with van der Waals surface area (Å²) >= 11 is 1.68. The van der Waals surface area contributed by atoms with Crippen molar-refractivity contribution >= 4 is 47.4 Å². The Morgan fingerprint density at radius 2 is 2.03 bits per heavy atom. The number of thioether (sulfide) groups is 1. The van der Waals surface area contributed by atoms with Crippen LogP contribution >= 0.6 is 35.7 Å². The molecule has 1 aromatic carbocycles. The highest BCUT2D eigenvalue weighted by atomic mass is 127. The zero-order valence-electron chi connectivity index (χ0n) is 19.4. The van der Waals surface area contributed by atoms with E-state index in [1.807, 2.05) is 25.1 Å². The predicted molar refractivity (Wildman–Crippen MR) is 142 cm³/mol. The molecule has 0 amide bonds. The molecule has 1 aliphatic rings. The van der Waals surface area contributed by atoms with E-state index in [1.165, 1.54) is 25.7 Å². The molecule has 0 aliphatic heterocycles. The van der Waals surface area contributed by atoms with E-state index in [-0.39, 0.29) is 24.0 Å². The summed E-state index contributed by atoms with van der Waals surface area (Å²) in [6, 6.07) is 6.31. The minimum Gasteiger partial charge on any atom is -0.493 e. The fourth-order valence-electron chi connectivity index (χ4n) is 3.94. The van der Waals surface area contributed by atoms with Gasteiger partial charge in [0.2, 0.25) is 0 Å². The van der Waals surface area contributed by atoms with Crippen molar-refractivity contribution in [2.45, 2.75) is 56.6 Å². The van der Waals surface area contributed by atoms with Crippen molar-refractivity contribution in [2.75, 3.05) is 38.9 Å². The molecule has 3 rings (SSSR count). The van der Waals surface area contributed by atoms with Crippen LogP contribution in [0.15, 0.2) is 28.3 Å². The number of rotatable bonds is 10. The molecule has 0 saturated heterocycles. The molecule has 10 heteroatoms. The standard InChI is InChI=1S/C22H34N6O2S.HI/c1-5-30-19-15-16(12-13-18(19)29-3)25-21(23-2)24-14-8-11-20-26-27-22(31-4)28(20)17-9-6-7-10-17;/h12-13,15,17H,5-11,14H2,1-4H3,(H2,23,24,25);1H. The molecule has 1 saturated carbocycles. The smallest absolute Gasteiger partial charge is 0.195 e. The number of hydrogen-bond acceptors (Lipinski definition) is 6. The third kappa shape index (κ3) is 6.90. The van der Waals surface area contributed by atoms with E-state index in [4.69, 9.17) is 9.47 Å². The topological polar surface area (TPSA) is 85.6 Å². The molecular formula is C22H35IN6O2S. The zero-order chi connectivity index (χ0) is 22.1. The molecular weight excluding hydrogens is 539 g/mol. The summed E-state index contributed by atoms with van der Waals surface area (Å²) in [5.74, 6) is 3.24. The SMILES string of the molecule is CCOc1cc(NC(=NC)NCCCc2nnc(SC)n2C2CCCC2)ccc1OC.I. The van der Waals surface area contributed by atoms with E-state index in [0.29, 0.717) is 24.1 Å². The number of benzene rings is 1. The van der Waals surface area contributed by atoms with Crippen LogP contribution in [0.3, 0.4) is 0 Å². The molecule has 2 N–H and O–H groups in total. The van der Waals surface area contributed by atoms with Crippen LogP contribution in [0.5, 0.6) is 11.5 Å². The van der Waals surface area contributed by atoms with Crippen molar-refractivity contribution in [1.82, 2.24) is 20.1 Å². The number of methoxy groups -OCH3 is 1. The number of halogens is 1. The molecule has 1 fully saturated rings. The normalized spacial score (nSPS) is 14.2. The summed E-state index contributed by atoms with van der Waals surface area (Å²) in [7, 11) is 3.41. The van der Waals surface area contributed by atoms with Gasteiger partial charge in [-0.15, -0.1) is 34.2 Å². The second-order valence-electron chi connectivity index (χ2n) is 7.44. The van der Waals surface area contributed by atoms with E-state index in [1.54, 1.807) is 25.9 Å². The van der Waals surface area contributed by atoms with Crippen LogP contribution in [0.25, 0.3) is 0 Å². The van der Waals surface area contributed by atoms with E-state index in [0.717, 1.165) is 42.0 Å². The second kappa shape index (κ2) is 13.8. The number of guanidine groups is 1. The Kier molecular flexibility index (Phi) is 11.4. The molecule has 1 aromatic heterocycles. The second-order valence-corrected chi connectivity index (χ2v) is 8.21. The minimum atomic E-state index is 0. The van der Waals surface area contributed by atoms with E-state index >= 15 is 0 Å². The number of aryl methyl sites for hydroxylation is 1. The highest BCUT2D eigenvalue weighted by Gasteiger charge is 2.23. The molecule has 2 aromatic rings. The van der Waals surface area contributed by atoms with Crippen LogP contribution in [0.2, 0.25) is 0 Å². The summed E-state index contributed by atoms with van der Waals surface area (Å²) in [5, 5.41) is 16.6. The maximum Gasteiger partial charge on any atom is 0.195 e. The van der Waals surface area contributed by atoms with Crippen molar-refractivity contribution < 1.29 is 9.47 Å². The van der Waals surface area contributed by atoms with Crippen LogP contribution in [0, 0.1) is 0 Å². The zero-order valence-corrected chi connectivity index (χ0v) is 22.5. The van der Waals surface area contributed by atoms with Gasteiger partial charge in [0.1, 0.15) is 5.82 Å². The van der Waals surface area contributed by atoms with Gasteiger partial charge < -0.3 is 24.7 Å². The number of hydrogen-bond donors (Lipinski definition) is 2. The number of aliphatic imine (C=N–C) groups is 1. The van der Waals surface area contributed by atoms with Gasteiger partial charge in [-0.2, -0.15) is 0 Å². The molecule has 0 spiro atoms. The molecule has 1 aliphatic carbocycles. The van der Waals surface area contributed by atoms with Crippen LogP contribution in [-0.2, 0) is 6.42 Å². The number of nitrogens with one attached hydrogen (secondary N) is 2. The van der Waals surface area contributed by atoms with Gasteiger partial charge in [0, 0.05) is 37.8 Å². The van der Waals surface area contributed by atoms with Gasteiger partial charge in [0.05, 0.1) is 13.7 Å². The van der Waals surface area contributed by atoms with E-state index in [2.05, 4.69) is 36.6 Å². The summed E-state index contributed by atoms with van der Waals surface area (Å²) in [6.45, 7) is 3.33. The number of aromatic nitrogens is 3. The molecule has 178 valence electrons. The van der Waals surface area contributed by atoms with Gasteiger partial charge in [-0.3, -0.25) is 4.99 Å². The van der Waals surface area contributed by atoms with E-state index in [9.17, 15) is 0 Å². The third-order valence-electron chi connectivity index (χ3n) is 5.43. The maximum atomic E-state index is 5.65. The van der Waals surface area contributed by atoms with Gasteiger partial charge in [0.15, 0.2) is 22.6 Å². The molecule has 0 unspecified atom stereocenters. The molecule has 1 heterocycles. The van der Waals surface area contributed by atoms with Gasteiger partial charge in [-0.25, -0.2) is 0 Å². The molecule has 0 radical (unpaired) electrons. The van der Waals surface area contributed by atoms with Crippen molar-refractivity contribution in [2.24, 2.45) is 4.99 Å². The maximum absolute atomic E-state index is 5.65. The summed E-state index contributed by atoms with van der Waals surface area (Å²) < 4.78 is 13.4. The Balaban J connectivity index is 0.00000363. The van der Waals surface area contributed by atoms with Crippen molar-refractivity contribution in [3.05, 3.63) is 24.0 Å². The monoisotopic (exact) mass is 574 g/mol. The Morgan fingerprint density at radius 1 is 1.25 bits per heavy atom. The predicted octanol–water partition coefficient (Wildman–Crippen LogP) is 4.76. The first-order valence-electron chi connectivity index (χ1n) is 11.0. The van der Waals surface area contributed by atoms with Crippen LogP contribution in [0.1, 0.15) is 50.9 Å². The molecule has 0 bridgehead atoms. The Labute approximate surface area is 212 Å². The quantitative estimate of drug-likeness (QED) is 0.139. The highest BCUT2D eigenvalue weighted by Crippen LogP contribution is 2.33. The Morgan fingerprint density at radius 3 is 2.69 bits per heavy atom. The van der Waals surface area contributed by atoms with Crippen molar-refractivity contribution in [1.29, 1.82) is 0 Å². The lowest BCUT2D eigenvalue weighted by Gasteiger charge is -2.17. The first kappa shape index (κ1) is 26.6. The van der Waals surface area contributed by atoms with Gasteiger partial charge in [0.25, 0.3) is 0 Å². The fraction of sp³-hybridized carbons (Fsp3) is 0.591. The third-order valence-corrected chi connectivity index (χ3v) is 6.07. The lowest BCUT2D eigenvalue weighted by molar-refractivity contribution is 0.311. The van der Waals surface area contributed by atoms with Crippen molar-refractivity contribution in [3.63, 3.8) is 0 Å². The van der Waals surface area contributed by atoms with Gasteiger partial charge in [-0.05, 0) is 44.6 Å². The largest absolute Gasteiger partial charge is 0.493 e. The first-order valence-corrected chi connectivity index (χ1v) is 12.2. The van der Waals surface area contributed by atoms with Crippen LogP contribution < -0.4 is 20.1 Å².